The van der Waals surface area contributed by atoms with Gasteiger partial charge in [0.05, 0.1) is 32.6 Å². The van der Waals surface area contributed by atoms with E-state index in [4.69, 9.17) is 14.0 Å². The first-order valence-electron chi connectivity index (χ1n) is 6.92. The van der Waals surface area contributed by atoms with E-state index in [1.807, 2.05) is 0 Å². The second kappa shape index (κ2) is 5.97. The summed E-state index contributed by atoms with van der Waals surface area (Å²) in [6, 6.07) is 5.15. The number of nitrogens with one attached hydrogen (secondary N) is 1. The minimum Gasteiger partial charge on any atom is -0.493 e. The Bertz CT molecular complexity index is 683. The molecule has 1 aliphatic rings. The molecule has 3 rings (SSSR count). The molecule has 1 N–H and O–H groups in total. The highest BCUT2D eigenvalue weighted by atomic mass is 16.5. The standard InChI is InChI=1S/C15H17N3O4/c1-20-13-5-3-4-11(14(13)21-2)17-15(19)18-7-6-12-10(9-18)8-16-22-12/h3-5,8H,6-7,9H2,1-2H3,(H,17,19). The zero-order valence-electron chi connectivity index (χ0n) is 12.5. The number of aromatic nitrogens is 1. The van der Waals surface area contributed by atoms with E-state index in [9.17, 15) is 4.79 Å². The third kappa shape index (κ3) is 2.57. The predicted octanol–water partition coefficient (Wildman–Crippen LogP) is 2.28. The van der Waals surface area contributed by atoms with Crippen molar-refractivity contribution < 1.29 is 18.8 Å². The van der Waals surface area contributed by atoms with Gasteiger partial charge in [0.1, 0.15) is 5.76 Å². The van der Waals surface area contributed by atoms with Crippen molar-refractivity contribution >= 4 is 11.7 Å². The van der Waals surface area contributed by atoms with Crippen LogP contribution >= 0.6 is 0 Å². The summed E-state index contributed by atoms with van der Waals surface area (Å²) in [5.74, 6) is 1.92. The topological polar surface area (TPSA) is 76.8 Å². The number of ether oxygens (including phenoxy) is 2. The number of rotatable bonds is 3. The molecule has 0 saturated carbocycles. The van der Waals surface area contributed by atoms with Crippen molar-refractivity contribution in [3.8, 4) is 11.5 Å². The number of nitrogens with zero attached hydrogens (tertiary/aromatic N) is 2. The van der Waals surface area contributed by atoms with Crippen molar-refractivity contribution in [1.29, 1.82) is 0 Å². The molecule has 2 heterocycles. The molecule has 0 saturated heterocycles. The van der Waals surface area contributed by atoms with Crippen LogP contribution in [0.15, 0.2) is 28.9 Å². The maximum Gasteiger partial charge on any atom is 0.322 e. The van der Waals surface area contributed by atoms with E-state index >= 15 is 0 Å². The number of anilines is 1. The quantitative estimate of drug-likeness (QED) is 0.941. The van der Waals surface area contributed by atoms with Gasteiger partial charge in [-0.25, -0.2) is 4.79 Å². The van der Waals surface area contributed by atoms with E-state index in [-0.39, 0.29) is 6.03 Å². The van der Waals surface area contributed by atoms with Crippen LogP contribution in [0.1, 0.15) is 11.3 Å². The number of urea groups is 1. The summed E-state index contributed by atoms with van der Waals surface area (Å²) in [4.78, 5) is 14.1. The summed E-state index contributed by atoms with van der Waals surface area (Å²) in [6.07, 6.45) is 2.32. The molecular weight excluding hydrogens is 286 g/mol. The summed E-state index contributed by atoms with van der Waals surface area (Å²) in [6.45, 7) is 1.07. The molecule has 1 aliphatic heterocycles. The highest BCUT2D eigenvalue weighted by Gasteiger charge is 2.24. The van der Waals surface area contributed by atoms with Gasteiger partial charge < -0.3 is 24.2 Å². The SMILES string of the molecule is COc1cccc(NC(=O)N2CCc3oncc3C2)c1OC. The van der Waals surface area contributed by atoms with Gasteiger partial charge in [-0.15, -0.1) is 0 Å². The highest BCUT2D eigenvalue weighted by Crippen LogP contribution is 2.35. The number of benzene rings is 1. The van der Waals surface area contributed by atoms with Crippen molar-refractivity contribution in [3.63, 3.8) is 0 Å². The largest absolute Gasteiger partial charge is 0.493 e. The third-order valence-electron chi connectivity index (χ3n) is 3.63. The second-order valence-electron chi connectivity index (χ2n) is 4.92. The molecule has 7 heteroatoms. The van der Waals surface area contributed by atoms with Gasteiger partial charge in [0.2, 0.25) is 0 Å². The molecule has 1 aromatic heterocycles. The van der Waals surface area contributed by atoms with Crippen LogP contribution < -0.4 is 14.8 Å². The second-order valence-corrected chi connectivity index (χ2v) is 4.92. The van der Waals surface area contributed by atoms with Crippen LogP contribution in [0.2, 0.25) is 0 Å². The molecule has 116 valence electrons. The van der Waals surface area contributed by atoms with Gasteiger partial charge in [-0.1, -0.05) is 11.2 Å². The van der Waals surface area contributed by atoms with E-state index in [1.54, 1.807) is 36.4 Å². The lowest BCUT2D eigenvalue weighted by molar-refractivity contribution is 0.202. The number of amides is 2. The van der Waals surface area contributed by atoms with E-state index in [0.717, 1.165) is 11.3 Å². The van der Waals surface area contributed by atoms with Crippen LogP contribution in [0.25, 0.3) is 0 Å². The van der Waals surface area contributed by atoms with Crippen LogP contribution in [-0.4, -0.2) is 36.9 Å². The summed E-state index contributed by atoms with van der Waals surface area (Å²) >= 11 is 0. The lowest BCUT2D eigenvalue weighted by Crippen LogP contribution is -2.38. The maximum absolute atomic E-state index is 12.4. The Morgan fingerprint density at radius 3 is 3.00 bits per heavy atom. The van der Waals surface area contributed by atoms with Crippen molar-refractivity contribution in [2.24, 2.45) is 0 Å². The lowest BCUT2D eigenvalue weighted by atomic mass is 10.1. The van der Waals surface area contributed by atoms with Crippen molar-refractivity contribution in [2.75, 3.05) is 26.1 Å². The molecule has 0 unspecified atom stereocenters. The van der Waals surface area contributed by atoms with E-state index in [0.29, 0.717) is 36.7 Å². The zero-order valence-corrected chi connectivity index (χ0v) is 12.5. The third-order valence-corrected chi connectivity index (χ3v) is 3.63. The average molecular weight is 303 g/mol. The summed E-state index contributed by atoms with van der Waals surface area (Å²) < 4.78 is 15.7. The molecule has 7 nitrogen and oxygen atoms in total. The first-order valence-corrected chi connectivity index (χ1v) is 6.92. The van der Waals surface area contributed by atoms with Crippen molar-refractivity contribution in [1.82, 2.24) is 10.1 Å². The van der Waals surface area contributed by atoms with Crippen LogP contribution in [-0.2, 0) is 13.0 Å². The molecular formula is C15H17N3O4. The fourth-order valence-electron chi connectivity index (χ4n) is 2.49. The van der Waals surface area contributed by atoms with Gasteiger partial charge in [-0.05, 0) is 12.1 Å². The van der Waals surface area contributed by atoms with Crippen molar-refractivity contribution in [3.05, 3.63) is 35.7 Å². The Labute approximate surface area is 127 Å². The van der Waals surface area contributed by atoms with Crippen LogP contribution in [0, 0.1) is 0 Å². The Morgan fingerprint density at radius 2 is 2.23 bits per heavy atom. The zero-order chi connectivity index (χ0) is 15.5. The monoisotopic (exact) mass is 303 g/mol. The molecule has 0 bridgehead atoms. The minimum atomic E-state index is -0.196. The molecule has 0 aliphatic carbocycles. The smallest absolute Gasteiger partial charge is 0.322 e. The highest BCUT2D eigenvalue weighted by molar-refractivity contribution is 5.91. The Balaban J connectivity index is 1.75. The van der Waals surface area contributed by atoms with Crippen LogP contribution in [0.3, 0.4) is 0 Å². The van der Waals surface area contributed by atoms with Gasteiger partial charge in [0.25, 0.3) is 0 Å². The van der Waals surface area contributed by atoms with Gasteiger partial charge in [-0.3, -0.25) is 0 Å². The Morgan fingerprint density at radius 1 is 1.36 bits per heavy atom. The summed E-state index contributed by atoms with van der Waals surface area (Å²) in [5.41, 5.74) is 1.52. The predicted molar refractivity (Wildman–Crippen MR) is 79.2 cm³/mol. The van der Waals surface area contributed by atoms with E-state index in [2.05, 4.69) is 10.5 Å². The fourth-order valence-corrected chi connectivity index (χ4v) is 2.49. The minimum absolute atomic E-state index is 0.196. The number of carbonyl (C=O) groups excluding carboxylic acids is 1. The number of hydrogen-bond acceptors (Lipinski definition) is 5. The molecule has 1 aromatic carbocycles. The van der Waals surface area contributed by atoms with E-state index < -0.39 is 0 Å². The first-order chi connectivity index (χ1) is 10.7. The van der Waals surface area contributed by atoms with Gasteiger partial charge in [-0.2, -0.15) is 0 Å². The molecule has 2 amide bonds. The molecule has 0 radical (unpaired) electrons. The van der Waals surface area contributed by atoms with Gasteiger partial charge in [0.15, 0.2) is 11.5 Å². The van der Waals surface area contributed by atoms with Gasteiger partial charge in [0, 0.05) is 18.5 Å². The fraction of sp³-hybridized carbons (Fsp3) is 0.333. The normalized spacial score (nSPS) is 13.5. The van der Waals surface area contributed by atoms with Gasteiger partial charge >= 0.3 is 6.03 Å². The summed E-state index contributed by atoms with van der Waals surface area (Å²) in [5, 5.41) is 6.62. The number of para-hydroxylation sites is 1. The maximum atomic E-state index is 12.4. The Hall–Kier alpha value is -2.70. The lowest BCUT2D eigenvalue weighted by Gasteiger charge is -2.26. The van der Waals surface area contributed by atoms with Crippen LogP contribution in [0.4, 0.5) is 10.5 Å². The van der Waals surface area contributed by atoms with E-state index in [1.165, 1.54) is 7.11 Å². The molecule has 0 atom stereocenters. The molecule has 0 spiro atoms. The molecule has 0 fully saturated rings. The average Bonchev–Trinajstić information content (AvgIpc) is 3.02. The number of fused-ring (bicyclic) bond motifs is 1. The first kappa shape index (κ1) is 14.2. The van der Waals surface area contributed by atoms with Crippen molar-refractivity contribution in [2.45, 2.75) is 13.0 Å². The number of methoxy groups -OCH3 is 2. The molecule has 22 heavy (non-hydrogen) atoms. The van der Waals surface area contributed by atoms with Crippen LogP contribution in [0.5, 0.6) is 11.5 Å². The molecule has 2 aromatic rings. The number of hydrogen-bond donors (Lipinski definition) is 1. The summed E-state index contributed by atoms with van der Waals surface area (Å²) in [7, 11) is 3.10. The number of carbonyl (C=O) groups is 1. The Kier molecular flexibility index (Phi) is 3.86.